The summed E-state index contributed by atoms with van der Waals surface area (Å²) in [4.78, 5) is 44.9. The van der Waals surface area contributed by atoms with E-state index in [1.54, 1.807) is 22.6 Å². The number of aromatic nitrogens is 1. The molecule has 3 rings (SSSR count). The summed E-state index contributed by atoms with van der Waals surface area (Å²) < 4.78 is 0. The first kappa shape index (κ1) is 15.5. The number of hydrogen-bond donors (Lipinski definition) is 1. The molecule has 2 aliphatic heterocycles. The first-order valence-electron chi connectivity index (χ1n) is 7.39. The fourth-order valence-electron chi connectivity index (χ4n) is 2.64. The zero-order valence-corrected chi connectivity index (χ0v) is 13.2. The average Bonchev–Trinajstić information content (AvgIpc) is 3.08. The molecule has 0 aliphatic carbocycles. The highest BCUT2D eigenvalue weighted by atomic mass is 32.1. The lowest BCUT2D eigenvalue weighted by molar-refractivity contribution is -0.135. The van der Waals surface area contributed by atoms with Gasteiger partial charge in [-0.25, -0.2) is 9.98 Å². The molecule has 0 saturated carbocycles. The summed E-state index contributed by atoms with van der Waals surface area (Å²) in [5.41, 5.74) is 0. The van der Waals surface area contributed by atoms with Gasteiger partial charge in [-0.3, -0.25) is 14.4 Å². The Morgan fingerprint density at radius 2 is 2.09 bits per heavy atom. The molecule has 23 heavy (non-hydrogen) atoms. The summed E-state index contributed by atoms with van der Waals surface area (Å²) in [6, 6.07) is 0. The summed E-state index contributed by atoms with van der Waals surface area (Å²) in [5.74, 6) is -1.05. The van der Waals surface area contributed by atoms with Gasteiger partial charge >= 0.3 is 0 Å². The lowest BCUT2D eigenvalue weighted by atomic mass is 9.94. The molecule has 3 heterocycles. The molecule has 1 unspecified atom stereocenters. The molecule has 1 aromatic heterocycles. The molecular formula is C15H16N4O3S. The van der Waals surface area contributed by atoms with E-state index in [9.17, 15) is 14.4 Å². The minimum Gasteiger partial charge on any atom is -0.342 e. The van der Waals surface area contributed by atoms with Crippen LogP contribution in [0.25, 0.3) is 0 Å². The van der Waals surface area contributed by atoms with Gasteiger partial charge in [0.05, 0.1) is 5.92 Å². The van der Waals surface area contributed by atoms with Crippen molar-refractivity contribution in [2.75, 3.05) is 18.4 Å². The number of thiazole rings is 1. The first-order valence-corrected chi connectivity index (χ1v) is 8.27. The smallest absolute Gasteiger partial charge is 0.269 e. The quantitative estimate of drug-likeness (QED) is 0.897. The Bertz CT molecular complexity index is 644. The number of aliphatic imine (C=N–C) groups is 1. The molecule has 1 aromatic rings. The van der Waals surface area contributed by atoms with Crippen LogP contribution < -0.4 is 5.32 Å². The molecule has 1 fully saturated rings. The molecular weight excluding hydrogens is 316 g/mol. The molecule has 1 atom stereocenters. The van der Waals surface area contributed by atoms with Crippen molar-refractivity contribution in [2.24, 2.45) is 16.8 Å². The van der Waals surface area contributed by atoms with E-state index in [-0.39, 0.29) is 23.6 Å². The molecule has 0 radical (unpaired) electrons. The van der Waals surface area contributed by atoms with E-state index in [1.807, 2.05) is 0 Å². The number of carbonyl (C=O) groups is 3. The van der Waals surface area contributed by atoms with Gasteiger partial charge in [0, 0.05) is 42.9 Å². The van der Waals surface area contributed by atoms with Crippen LogP contribution in [-0.2, 0) is 14.4 Å². The highest BCUT2D eigenvalue weighted by molar-refractivity contribution is 7.13. The number of nitrogens with one attached hydrogen (secondary N) is 1. The summed E-state index contributed by atoms with van der Waals surface area (Å²) in [5, 5.41) is 5.20. The minimum atomic E-state index is -0.478. The number of nitrogens with zero attached hydrogens (tertiary/aromatic N) is 3. The van der Waals surface area contributed by atoms with Gasteiger partial charge in [0.15, 0.2) is 5.13 Å². The van der Waals surface area contributed by atoms with Gasteiger partial charge < -0.3 is 10.2 Å². The third-order valence-electron chi connectivity index (χ3n) is 3.93. The Balaban J connectivity index is 1.51. The normalized spacial score (nSPS) is 21.5. The first-order chi connectivity index (χ1) is 11.1. The second-order valence-corrected chi connectivity index (χ2v) is 6.32. The monoisotopic (exact) mass is 332 g/mol. The van der Waals surface area contributed by atoms with Crippen molar-refractivity contribution in [3.8, 4) is 0 Å². The van der Waals surface area contributed by atoms with Crippen LogP contribution in [0.3, 0.4) is 0 Å². The van der Waals surface area contributed by atoms with Crippen molar-refractivity contribution in [1.82, 2.24) is 9.88 Å². The largest absolute Gasteiger partial charge is 0.342 e. The minimum absolute atomic E-state index is 0.0447. The van der Waals surface area contributed by atoms with Crippen LogP contribution in [0.2, 0.25) is 0 Å². The molecule has 7 nitrogen and oxygen atoms in total. The van der Waals surface area contributed by atoms with Crippen molar-refractivity contribution in [2.45, 2.75) is 12.8 Å². The molecule has 0 aromatic carbocycles. The number of rotatable bonds is 3. The molecule has 3 amide bonds. The van der Waals surface area contributed by atoms with E-state index in [2.05, 4.69) is 15.3 Å². The van der Waals surface area contributed by atoms with Crippen molar-refractivity contribution >= 4 is 40.4 Å². The number of anilines is 1. The van der Waals surface area contributed by atoms with Crippen molar-refractivity contribution < 1.29 is 14.4 Å². The Labute approximate surface area is 137 Å². The van der Waals surface area contributed by atoms with Gasteiger partial charge in [-0.1, -0.05) is 6.08 Å². The van der Waals surface area contributed by atoms with Gasteiger partial charge in [0.25, 0.3) is 5.91 Å². The van der Waals surface area contributed by atoms with Crippen LogP contribution in [0.5, 0.6) is 0 Å². The summed E-state index contributed by atoms with van der Waals surface area (Å²) >= 11 is 1.38. The summed E-state index contributed by atoms with van der Waals surface area (Å²) in [6.07, 6.45) is 7.15. The predicted octanol–water partition coefficient (Wildman–Crippen LogP) is 1.10. The number of piperidine rings is 1. The Morgan fingerprint density at radius 3 is 2.70 bits per heavy atom. The number of amides is 3. The number of dihydropyridines is 1. The molecule has 2 aliphatic rings. The molecule has 0 spiro atoms. The second kappa shape index (κ2) is 6.82. The van der Waals surface area contributed by atoms with E-state index in [0.717, 1.165) is 0 Å². The maximum absolute atomic E-state index is 12.4. The lowest BCUT2D eigenvalue weighted by Crippen LogP contribution is -2.44. The van der Waals surface area contributed by atoms with E-state index in [0.29, 0.717) is 31.1 Å². The lowest BCUT2D eigenvalue weighted by Gasteiger charge is -2.32. The van der Waals surface area contributed by atoms with Crippen molar-refractivity contribution in [1.29, 1.82) is 0 Å². The van der Waals surface area contributed by atoms with Gasteiger partial charge in [0.1, 0.15) is 0 Å². The zero-order chi connectivity index (χ0) is 16.2. The number of carbonyl (C=O) groups excluding carboxylic acids is 3. The fraction of sp³-hybridized carbons (Fsp3) is 0.400. The summed E-state index contributed by atoms with van der Waals surface area (Å²) in [6.45, 7) is 1.06. The summed E-state index contributed by atoms with van der Waals surface area (Å²) in [7, 11) is 0. The molecule has 8 heteroatoms. The highest BCUT2D eigenvalue weighted by Gasteiger charge is 2.30. The second-order valence-electron chi connectivity index (χ2n) is 5.43. The maximum atomic E-state index is 12.4. The Hall–Kier alpha value is -2.35. The SMILES string of the molecule is O=C1C=CC(C(=O)N2CCC(C(=O)Nc3nccs3)CC2)C=N1. The van der Waals surface area contributed by atoms with Gasteiger partial charge in [-0.05, 0) is 12.8 Å². The Kier molecular flexibility index (Phi) is 4.61. The van der Waals surface area contributed by atoms with Crippen molar-refractivity contribution in [3.05, 3.63) is 23.7 Å². The van der Waals surface area contributed by atoms with Crippen LogP contribution in [0.4, 0.5) is 5.13 Å². The van der Waals surface area contributed by atoms with Crippen LogP contribution >= 0.6 is 11.3 Å². The van der Waals surface area contributed by atoms with E-state index >= 15 is 0 Å². The third kappa shape index (κ3) is 3.70. The number of likely N-dealkylation sites (tertiary alicyclic amines) is 1. The van der Waals surface area contributed by atoms with E-state index in [4.69, 9.17) is 0 Å². The Morgan fingerprint density at radius 1 is 1.30 bits per heavy atom. The zero-order valence-electron chi connectivity index (χ0n) is 12.3. The number of hydrogen-bond acceptors (Lipinski definition) is 5. The highest BCUT2D eigenvalue weighted by Crippen LogP contribution is 2.22. The van der Waals surface area contributed by atoms with Crippen molar-refractivity contribution in [3.63, 3.8) is 0 Å². The molecule has 1 N–H and O–H groups in total. The third-order valence-corrected chi connectivity index (χ3v) is 4.62. The maximum Gasteiger partial charge on any atom is 0.269 e. The van der Waals surface area contributed by atoms with Crippen LogP contribution in [0.1, 0.15) is 12.8 Å². The van der Waals surface area contributed by atoms with Crippen LogP contribution in [-0.4, -0.2) is 46.9 Å². The van der Waals surface area contributed by atoms with Crippen LogP contribution in [0, 0.1) is 11.8 Å². The topological polar surface area (TPSA) is 91.7 Å². The predicted molar refractivity (Wildman–Crippen MR) is 86.2 cm³/mol. The fourth-order valence-corrected chi connectivity index (χ4v) is 3.18. The van der Waals surface area contributed by atoms with Crippen LogP contribution in [0.15, 0.2) is 28.7 Å². The molecule has 120 valence electrons. The van der Waals surface area contributed by atoms with Gasteiger partial charge in [-0.2, -0.15) is 0 Å². The average molecular weight is 332 g/mol. The van der Waals surface area contributed by atoms with Gasteiger partial charge in [-0.15, -0.1) is 11.3 Å². The van der Waals surface area contributed by atoms with E-state index < -0.39 is 5.92 Å². The standard InChI is InChI=1S/C15H16N4O3S/c20-12-2-1-11(9-17-12)14(22)19-6-3-10(4-7-19)13(21)18-15-16-5-8-23-15/h1-2,5,8-11H,3-4,6-7H2,(H,16,18,21). The molecule has 0 bridgehead atoms. The van der Waals surface area contributed by atoms with E-state index in [1.165, 1.54) is 23.6 Å². The van der Waals surface area contributed by atoms with Gasteiger partial charge in [0.2, 0.25) is 11.8 Å². The molecule has 1 saturated heterocycles.